The summed E-state index contributed by atoms with van der Waals surface area (Å²) in [6.45, 7) is 1.85. The highest BCUT2D eigenvalue weighted by Gasteiger charge is 2.17. The second-order valence-electron chi connectivity index (χ2n) is 6.12. The summed E-state index contributed by atoms with van der Waals surface area (Å²) < 4.78 is 3.44. The Balaban J connectivity index is 1.70. The van der Waals surface area contributed by atoms with Crippen molar-refractivity contribution in [2.45, 2.75) is 6.92 Å². The molecular formula is C20H18N6O. The third-order valence-corrected chi connectivity index (χ3v) is 4.11. The summed E-state index contributed by atoms with van der Waals surface area (Å²) in [4.78, 5) is 17.1. The molecule has 0 spiro atoms. The van der Waals surface area contributed by atoms with Crippen LogP contribution in [-0.2, 0) is 0 Å². The number of hydrogen-bond acceptors (Lipinski definition) is 4. The molecule has 2 aromatic carbocycles. The molecule has 2 aromatic heterocycles. The number of hydrogen-bond donors (Lipinski definition) is 2. The van der Waals surface area contributed by atoms with Crippen molar-refractivity contribution in [2.75, 3.05) is 11.1 Å². The molecule has 0 atom stereocenters. The minimum Gasteiger partial charge on any atom is -0.399 e. The molecule has 2 heterocycles. The number of nitrogens with one attached hydrogen (secondary N) is 1. The fourth-order valence-electron chi connectivity index (χ4n) is 2.91. The number of carbonyl (C=O) groups excluding carboxylic acids is 1. The average molecular weight is 358 g/mol. The van der Waals surface area contributed by atoms with Gasteiger partial charge >= 0.3 is 0 Å². The van der Waals surface area contributed by atoms with Gasteiger partial charge in [-0.2, -0.15) is 5.10 Å². The highest BCUT2D eigenvalue weighted by atomic mass is 16.2. The monoisotopic (exact) mass is 358 g/mol. The van der Waals surface area contributed by atoms with Crippen LogP contribution in [0.1, 0.15) is 16.2 Å². The number of imidazole rings is 1. The minimum atomic E-state index is -0.259. The zero-order valence-electron chi connectivity index (χ0n) is 14.7. The molecule has 0 aliphatic heterocycles. The fourth-order valence-corrected chi connectivity index (χ4v) is 2.91. The Morgan fingerprint density at radius 1 is 1.11 bits per heavy atom. The van der Waals surface area contributed by atoms with Gasteiger partial charge in [-0.3, -0.25) is 4.79 Å². The molecule has 0 bridgehead atoms. The number of anilines is 2. The van der Waals surface area contributed by atoms with Crippen molar-refractivity contribution in [1.82, 2.24) is 19.3 Å². The Morgan fingerprint density at radius 3 is 2.74 bits per heavy atom. The van der Waals surface area contributed by atoms with Crippen molar-refractivity contribution in [1.29, 1.82) is 0 Å². The van der Waals surface area contributed by atoms with Crippen LogP contribution in [0.3, 0.4) is 0 Å². The molecule has 0 aliphatic rings. The van der Waals surface area contributed by atoms with Gasteiger partial charge in [-0.15, -0.1) is 0 Å². The smallest absolute Gasteiger partial charge is 0.274 e. The van der Waals surface area contributed by atoms with E-state index < -0.39 is 0 Å². The Morgan fingerprint density at radius 2 is 1.96 bits per heavy atom. The molecule has 4 rings (SSSR count). The molecule has 0 saturated carbocycles. The first-order chi connectivity index (χ1) is 13.1. The lowest BCUT2D eigenvalue weighted by Crippen LogP contribution is -2.18. The quantitative estimate of drug-likeness (QED) is 0.548. The highest BCUT2D eigenvalue weighted by molar-refractivity contribution is 6.04. The van der Waals surface area contributed by atoms with Crippen molar-refractivity contribution in [3.8, 4) is 11.4 Å². The molecule has 0 aliphatic carbocycles. The van der Waals surface area contributed by atoms with E-state index in [1.165, 1.54) is 0 Å². The molecule has 0 saturated heterocycles. The van der Waals surface area contributed by atoms with Gasteiger partial charge in [0.1, 0.15) is 5.69 Å². The third-order valence-electron chi connectivity index (χ3n) is 4.11. The first kappa shape index (κ1) is 16.6. The van der Waals surface area contributed by atoms with Gasteiger partial charge in [-0.1, -0.05) is 18.2 Å². The Bertz CT molecular complexity index is 1100. The number of rotatable bonds is 4. The number of nitrogens with two attached hydrogens (primary N) is 1. The van der Waals surface area contributed by atoms with E-state index >= 15 is 0 Å². The number of nitrogens with zero attached hydrogens (tertiary/aromatic N) is 4. The van der Waals surface area contributed by atoms with E-state index in [4.69, 9.17) is 5.73 Å². The maximum absolute atomic E-state index is 13.0. The van der Waals surface area contributed by atoms with Crippen molar-refractivity contribution in [3.05, 3.63) is 84.7 Å². The Hall–Kier alpha value is -3.87. The lowest BCUT2D eigenvalue weighted by Gasteiger charge is -2.12. The highest BCUT2D eigenvalue weighted by Crippen LogP contribution is 2.22. The molecular weight excluding hydrogens is 340 g/mol. The first-order valence-corrected chi connectivity index (χ1v) is 8.43. The van der Waals surface area contributed by atoms with Crippen molar-refractivity contribution in [2.24, 2.45) is 0 Å². The van der Waals surface area contributed by atoms with Gasteiger partial charge in [-0.05, 0) is 43.3 Å². The molecule has 0 radical (unpaired) electrons. The molecule has 3 N–H and O–H groups in total. The van der Waals surface area contributed by atoms with Crippen molar-refractivity contribution >= 4 is 17.3 Å². The zero-order valence-corrected chi connectivity index (χ0v) is 14.7. The Kier molecular flexibility index (Phi) is 4.18. The summed E-state index contributed by atoms with van der Waals surface area (Å²) in [6.07, 6.45) is 5.20. The van der Waals surface area contributed by atoms with E-state index in [0.717, 1.165) is 17.1 Å². The fraction of sp³-hybridized carbons (Fsp3) is 0.0500. The lowest BCUT2D eigenvalue weighted by molar-refractivity contribution is 0.101. The van der Waals surface area contributed by atoms with Gasteiger partial charge in [0.25, 0.3) is 5.91 Å². The van der Waals surface area contributed by atoms with Crippen LogP contribution < -0.4 is 11.1 Å². The SMILES string of the molecule is Cc1cc(C(=O)Nc2ccccc2-n2ccnc2)n(-c2cccc(N)c2)n1. The summed E-state index contributed by atoms with van der Waals surface area (Å²) in [5.41, 5.74) is 9.90. The molecule has 0 unspecified atom stereocenters. The van der Waals surface area contributed by atoms with Gasteiger partial charge in [0.15, 0.2) is 0 Å². The first-order valence-electron chi connectivity index (χ1n) is 8.43. The second-order valence-corrected chi connectivity index (χ2v) is 6.12. The van der Waals surface area contributed by atoms with Gasteiger partial charge in [0.2, 0.25) is 0 Å². The van der Waals surface area contributed by atoms with Crippen LogP contribution in [0.5, 0.6) is 0 Å². The maximum atomic E-state index is 13.0. The molecule has 7 nitrogen and oxygen atoms in total. The van der Waals surface area contributed by atoms with Gasteiger partial charge in [0, 0.05) is 18.1 Å². The summed E-state index contributed by atoms with van der Waals surface area (Å²) in [5, 5.41) is 7.42. The maximum Gasteiger partial charge on any atom is 0.274 e. The predicted molar refractivity (Wildman–Crippen MR) is 104 cm³/mol. The minimum absolute atomic E-state index is 0.259. The number of benzene rings is 2. The topological polar surface area (TPSA) is 90.8 Å². The van der Waals surface area contributed by atoms with Crippen LogP contribution in [0.4, 0.5) is 11.4 Å². The normalized spacial score (nSPS) is 10.7. The van der Waals surface area contributed by atoms with Gasteiger partial charge < -0.3 is 15.6 Å². The van der Waals surface area contributed by atoms with Crippen LogP contribution >= 0.6 is 0 Å². The number of carbonyl (C=O) groups is 1. The number of nitrogen functional groups attached to an aromatic ring is 1. The standard InChI is InChI=1S/C20H18N6O/c1-14-11-19(26(24-14)16-6-4-5-15(21)12-16)20(27)23-17-7-2-3-8-18(17)25-10-9-22-13-25/h2-13H,21H2,1H3,(H,23,27). The van der Waals surface area contributed by atoms with E-state index in [-0.39, 0.29) is 5.91 Å². The largest absolute Gasteiger partial charge is 0.399 e. The van der Waals surface area contributed by atoms with Crippen LogP contribution in [-0.4, -0.2) is 25.2 Å². The summed E-state index contributed by atoms with van der Waals surface area (Å²) in [6, 6.07) is 16.6. The van der Waals surface area contributed by atoms with E-state index in [2.05, 4.69) is 15.4 Å². The van der Waals surface area contributed by atoms with E-state index in [1.54, 1.807) is 35.4 Å². The van der Waals surface area contributed by atoms with Crippen LogP contribution in [0.15, 0.2) is 73.3 Å². The number of aromatic nitrogens is 4. The van der Waals surface area contributed by atoms with E-state index in [0.29, 0.717) is 17.1 Å². The summed E-state index contributed by atoms with van der Waals surface area (Å²) in [7, 11) is 0. The number of aryl methyl sites for hydroxylation is 1. The van der Waals surface area contributed by atoms with Gasteiger partial charge in [0.05, 0.1) is 29.1 Å². The molecule has 27 heavy (non-hydrogen) atoms. The van der Waals surface area contributed by atoms with Crippen LogP contribution in [0, 0.1) is 6.92 Å². The number of amides is 1. The molecule has 134 valence electrons. The molecule has 7 heteroatoms. The summed E-state index contributed by atoms with van der Waals surface area (Å²) in [5.74, 6) is -0.259. The molecule has 1 amide bonds. The summed E-state index contributed by atoms with van der Waals surface area (Å²) >= 11 is 0. The zero-order chi connectivity index (χ0) is 18.8. The lowest BCUT2D eigenvalue weighted by atomic mass is 10.2. The molecule has 0 fully saturated rings. The van der Waals surface area contributed by atoms with Gasteiger partial charge in [-0.25, -0.2) is 9.67 Å². The van der Waals surface area contributed by atoms with Crippen molar-refractivity contribution < 1.29 is 4.79 Å². The van der Waals surface area contributed by atoms with E-state index in [1.807, 2.05) is 54.1 Å². The predicted octanol–water partition coefficient (Wildman–Crippen LogP) is 3.20. The molecule has 4 aromatic rings. The average Bonchev–Trinajstić information content (AvgIpc) is 3.32. The van der Waals surface area contributed by atoms with Crippen LogP contribution in [0.25, 0.3) is 11.4 Å². The van der Waals surface area contributed by atoms with Crippen molar-refractivity contribution in [3.63, 3.8) is 0 Å². The third kappa shape index (κ3) is 3.30. The Labute approximate surface area is 156 Å². The second kappa shape index (κ2) is 6.80. The van der Waals surface area contributed by atoms with Crippen LogP contribution in [0.2, 0.25) is 0 Å². The number of para-hydroxylation sites is 2. The van der Waals surface area contributed by atoms with E-state index in [9.17, 15) is 4.79 Å².